The Labute approximate surface area is 95.3 Å². The Bertz CT molecular complexity index is 259. The van der Waals surface area contributed by atoms with Crippen molar-refractivity contribution in [2.24, 2.45) is 0 Å². The normalized spacial score (nSPS) is 7.93. The fourth-order valence-corrected chi connectivity index (χ4v) is 0.777. The Hall–Kier alpha value is -0.783. The van der Waals surface area contributed by atoms with Gasteiger partial charge in [-0.1, -0.05) is 12.1 Å². The molecule has 1 N–H and O–H groups in total. The summed E-state index contributed by atoms with van der Waals surface area (Å²) < 4.78 is 12.3. The first-order valence-electron chi connectivity index (χ1n) is 3.85. The summed E-state index contributed by atoms with van der Waals surface area (Å²) in [6, 6.07) is 5.42. The van der Waals surface area contributed by atoms with Crippen LogP contribution in [0.25, 0.3) is 0 Å². The van der Waals surface area contributed by atoms with E-state index in [0.29, 0.717) is 5.56 Å². The van der Waals surface area contributed by atoms with Gasteiger partial charge in [-0.3, -0.25) is 4.79 Å². The minimum absolute atomic E-state index is 0. The summed E-state index contributed by atoms with van der Waals surface area (Å²) in [6.07, 6.45) is -0.0553. The Balaban J connectivity index is 0. The zero-order chi connectivity index (χ0) is 10.3. The summed E-state index contributed by atoms with van der Waals surface area (Å²) in [4.78, 5) is 10.2. The molecule has 0 radical (unpaired) electrons. The van der Waals surface area contributed by atoms with Crippen LogP contribution in [-0.2, 0) is 11.2 Å². The number of carboxylic acid groups (broad SMARTS) is 1. The largest absolute Gasteiger partial charge is 1.00 e. The number of hydrogen-bond acceptors (Lipinski definition) is 1. The molecule has 0 spiro atoms. The van der Waals surface area contributed by atoms with Gasteiger partial charge in [-0.15, -0.1) is 0 Å². The van der Waals surface area contributed by atoms with Crippen molar-refractivity contribution in [2.75, 3.05) is 0 Å². The minimum Gasteiger partial charge on any atom is -0.481 e. The standard InChI is InChI=1S/C8H7FO2.C2H5.Li/c9-7-3-1-6(2-4-7)5-8(10)11;1-2;/h1-4H,5H2,(H,10,11);1H2,2H3;/q;-1;+1. The first-order chi connectivity index (χ1) is 6.18. The summed E-state index contributed by atoms with van der Waals surface area (Å²) in [5.41, 5.74) is 0.610. The van der Waals surface area contributed by atoms with Gasteiger partial charge in [-0.25, -0.2) is 4.39 Å². The van der Waals surface area contributed by atoms with Crippen LogP contribution in [0.15, 0.2) is 24.3 Å². The van der Waals surface area contributed by atoms with Gasteiger partial charge in [0.15, 0.2) is 0 Å². The van der Waals surface area contributed by atoms with E-state index in [1.54, 1.807) is 6.92 Å². The number of benzene rings is 1. The Morgan fingerprint density at radius 3 is 2.14 bits per heavy atom. The Kier molecular flexibility index (Phi) is 9.86. The quantitative estimate of drug-likeness (QED) is 0.494. The molecule has 0 saturated heterocycles. The maximum Gasteiger partial charge on any atom is 1.00 e. The second-order valence-electron chi connectivity index (χ2n) is 2.20. The van der Waals surface area contributed by atoms with E-state index in [-0.39, 0.29) is 31.1 Å². The molecule has 14 heavy (non-hydrogen) atoms. The van der Waals surface area contributed by atoms with E-state index in [2.05, 4.69) is 6.92 Å². The molecule has 4 heteroatoms. The number of aliphatic carboxylic acids is 1. The number of halogens is 1. The molecule has 0 bridgehead atoms. The minimum atomic E-state index is -0.906. The molecule has 0 aromatic heterocycles. The first-order valence-corrected chi connectivity index (χ1v) is 3.85. The monoisotopic (exact) mass is 190 g/mol. The van der Waals surface area contributed by atoms with Crippen LogP contribution < -0.4 is 18.9 Å². The molecule has 0 unspecified atom stereocenters. The number of hydrogen-bond donors (Lipinski definition) is 1. The zero-order valence-electron chi connectivity index (χ0n) is 8.46. The van der Waals surface area contributed by atoms with Gasteiger partial charge in [0.1, 0.15) is 5.82 Å². The molecule has 0 saturated carbocycles. The van der Waals surface area contributed by atoms with Crippen molar-refractivity contribution in [3.63, 3.8) is 0 Å². The van der Waals surface area contributed by atoms with Gasteiger partial charge >= 0.3 is 24.8 Å². The smallest absolute Gasteiger partial charge is 0.481 e. The Morgan fingerprint density at radius 1 is 1.36 bits per heavy atom. The molecule has 1 rings (SSSR count). The molecule has 0 atom stereocenters. The summed E-state index contributed by atoms with van der Waals surface area (Å²) in [6.45, 7) is 5.00. The summed E-state index contributed by atoms with van der Waals surface area (Å²) in [7, 11) is 0. The third kappa shape index (κ3) is 6.70. The molecular weight excluding hydrogens is 178 g/mol. The van der Waals surface area contributed by atoms with Crippen LogP contribution in [0.1, 0.15) is 12.5 Å². The third-order valence-corrected chi connectivity index (χ3v) is 1.27. The van der Waals surface area contributed by atoms with Crippen LogP contribution in [0.4, 0.5) is 4.39 Å². The van der Waals surface area contributed by atoms with E-state index < -0.39 is 5.97 Å². The van der Waals surface area contributed by atoms with E-state index in [1.807, 2.05) is 0 Å². The van der Waals surface area contributed by atoms with E-state index in [1.165, 1.54) is 24.3 Å². The SMILES string of the molecule is O=C(O)Cc1ccc(F)cc1.[CH2-]C.[Li+]. The van der Waals surface area contributed by atoms with Gasteiger partial charge in [0.2, 0.25) is 0 Å². The summed E-state index contributed by atoms with van der Waals surface area (Å²) in [5, 5.41) is 8.34. The van der Waals surface area contributed by atoms with E-state index in [9.17, 15) is 9.18 Å². The molecule has 0 amide bonds. The van der Waals surface area contributed by atoms with Crippen molar-refractivity contribution in [1.29, 1.82) is 0 Å². The van der Waals surface area contributed by atoms with Gasteiger partial charge in [0, 0.05) is 0 Å². The van der Waals surface area contributed by atoms with Gasteiger partial charge in [-0.2, -0.15) is 6.92 Å². The number of carboxylic acids is 1. The second-order valence-corrected chi connectivity index (χ2v) is 2.20. The summed E-state index contributed by atoms with van der Waals surface area (Å²) >= 11 is 0. The van der Waals surface area contributed by atoms with Crippen molar-refractivity contribution < 1.29 is 33.2 Å². The van der Waals surface area contributed by atoms with Gasteiger partial charge < -0.3 is 12.0 Å². The molecule has 72 valence electrons. The van der Waals surface area contributed by atoms with Gasteiger partial charge in [0.05, 0.1) is 6.42 Å². The molecule has 2 nitrogen and oxygen atoms in total. The molecule has 0 heterocycles. The van der Waals surface area contributed by atoms with Crippen molar-refractivity contribution in [1.82, 2.24) is 0 Å². The van der Waals surface area contributed by atoms with Crippen LogP contribution >= 0.6 is 0 Å². The maximum atomic E-state index is 12.3. The number of rotatable bonds is 2. The van der Waals surface area contributed by atoms with Crippen LogP contribution in [0.5, 0.6) is 0 Å². The molecule has 1 aromatic rings. The molecule has 0 aliphatic heterocycles. The predicted molar refractivity (Wildman–Crippen MR) is 48.8 cm³/mol. The van der Waals surface area contributed by atoms with Gasteiger partial charge in [0.25, 0.3) is 0 Å². The van der Waals surface area contributed by atoms with Crippen molar-refractivity contribution in [2.45, 2.75) is 13.3 Å². The summed E-state index contributed by atoms with van der Waals surface area (Å²) in [5.74, 6) is -1.25. The van der Waals surface area contributed by atoms with Crippen molar-refractivity contribution in [3.05, 3.63) is 42.6 Å². The molecule has 0 aliphatic rings. The van der Waals surface area contributed by atoms with Crippen molar-refractivity contribution in [3.8, 4) is 0 Å². The van der Waals surface area contributed by atoms with Crippen LogP contribution in [0.3, 0.4) is 0 Å². The van der Waals surface area contributed by atoms with E-state index in [4.69, 9.17) is 5.11 Å². The topological polar surface area (TPSA) is 37.3 Å². The Morgan fingerprint density at radius 2 is 1.79 bits per heavy atom. The third-order valence-electron chi connectivity index (χ3n) is 1.27. The van der Waals surface area contributed by atoms with Gasteiger partial charge in [-0.05, 0) is 17.7 Å². The molecule has 0 fully saturated rings. The zero-order valence-corrected chi connectivity index (χ0v) is 8.46. The maximum absolute atomic E-state index is 12.3. The van der Waals surface area contributed by atoms with Crippen molar-refractivity contribution >= 4 is 5.97 Å². The molecular formula is C10H12FLiO2. The van der Waals surface area contributed by atoms with E-state index >= 15 is 0 Å². The average molecular weight is 190 g/mol. The fraction of sp³-hybridized carbons (Fsp3) is 0.200. The molecule has 1 aromatic carbocycles. The van der Waals surface area contributed by atoms with E-state index in [0.717, 1.165) is 0 Å². The first kappa shape index (κ1) is 15.7. The van der Waals surface area contributed by atoms with Crippen LogP contribution in [-0.4, -0.2) is 11.1 Å². The van der Waals surface area contributed by atoms with Crippen LogP contribution in [0.2, 0.25) is 0 Å². The predicted octanol–water partition coefficient (Wildman–Crippen LogP) is -0.703. The molecule has 0 aliphatic carbocycles. The second kappa shape index (κ2) is 8.80. The van der Waals surface area contributed by atoms with Crippen LogP contribution in [0, 0.1) is 12.7 Å². The average Bonchev–Trinajstić information content (AvgIpc) is 2.12. The fourth-order valence-electron chi connectivity index (χ4n) is 0.777. The number of carbonyl (C=O) groups is 1.